The number of rotatable bonds is 0. The zero-order valence-corrected chi connectivity index (χ0v) is 5.96. The summed E-state index contributed by atoms with van der Waals surface area (Å²) >= 11 is 0. The van der Waals surface area contributed by atoms with Crippen LogP contribution in [0.15, 0.2) is 0 Å². The second kappa shape index (κ2) is 1.95. The Kier molecular flexibility index (Phi) is 1.20. The smallest absolute Gasteiger partial charge is 0.323 e. The molecule has 56 valence electrons. The first-order valence-corrected chi connectivity index (χ1v) is 3.73. The lowest BCUT2D eigenvalue weighted by molar-refractivity contribution is -0.141. The summed E-state index contributed by atoms with van der Waals surface area (Å²) in [6, 6.07) is -0.0150. The fourth-order valence-electron chi connectivity index (χ4n) is 1.73. The molecule has 3 nitrogen and oxygen atoms in total. The minimum absolute atomic E-state index is 0.0150. The molecule has 0 spiro atoms. The topological polar surface area (TPSA) is 38.3 Å². The molecule has 2 saturated heterocycles. The molecule has 0 radical (unpaired) electrons. The van der Waals surface area contributed by atoms with Crippen LogP contribution in [0.5, 0.6) is 0 Å². The van der Waals surface area contributed by atoms with Gasteiger partial charge in [-0.3, -0.25) is 4.79 Å². The number of esters is 1. The van der Waals surface area contributed by atoms with E-state index in [-0.39, 0.29) is 18.1 Å². The molecule has 0 aromatic rings. The van der Waals surface area contributed by atoms with E-state index < -0.39 is 0 Å². The second-order valence-electron chi connectivity index (χ2n) is 3.05. The summed E-state index contributed by atoms with van der Waals surface area (Å²) in [6.45, 7) is 2.98. The summed E-state index contributed by atoms with van der Waals surface area (Å²) in [5.74, 6) is 0.316. The maximum Gasteiger partial charge on any atom is 0.323 e. The molecule has 1 N–H and O–H groups in total. The van der Waals surface area contributed by atoms with Crippen LogP contribution in [-0.2, 0) is 9.53 Å². The van der Waals surface area contributed by atoms with Gasteiger partial charge < -0.3 is 10.1 Å². The summed E-state index contributed by atoms with van der Waals surface area (Å²) in [6.07, 6.45) is 1.17. The molecule has 2 aliphatic rings. The summed E-state index contributed by atoms with van der Waals surface area (Å²) in [5, 5.41) is 3.14. The molecule has 2 bridgehead atoms. The Labute approximate surface area is 59.7 Å². The number of ether oxygens (including phenoxy) is 1. The average molecular weight is 141 g/mol. The van der Waals surface area contributed by atoms with Crippen LogP contribution in [0.3, 0.4) is 0 Å². The van der Waals surface area contributed by atoms with Gasteiger partial charge in [0.25, 0.3) is 0 Å². The third-order valence-electron chi connectivity index (χ3n) is 2.43. The highest BCUT2D eigenvalue weighted by Crippen LogP contribution is 2.27. The van der Waals surface area contributed by atoms with Crippen molar-refractivity contribution in [1.82, 2.24) is 5.32 Å². The fraction of sp³-hybridized carbons (Fsp3) is 0.857. The van der Waals surface area contributed by atoms with E-state index in [0.29, 0.717) is 5.92 Å². The van der Waals surface area contributed by atoms with E-state index in [1.54, 1.807) is 0 Å². The maximum absolute atomic E-state index is 11.0. The molecule has 0 saturated carbocycles. The van der Waals surface area contributed by atoms with Crippen LogP contribution in [0.25, 0.3) is 0 Å². The molecule has 0 amide bonds. The van der Waals surface area contributed by atoms with Crippen LogP contribution in [0.1, 0.15) is 13.3 Å². The lowest BCUT2D eigenvalue weighted by atomic mass is 9.93. The first-order chi connectivity index (χ1) is 4.79. The summed E-state index contributed by atoms with van der Waals surface area (Å²) in [7, 11) is 0. The number of fused-ring (bicyclic) bond motifs is 2. The number of hydrogen-bond acceptors (Lipinski definition) is 3. The number of carbonyl (C=O) groups excluding carboxylic acids is 1. The lowest BCUT2D eigenvalue weighted by Gasteiger charge is -2.22. The van der Waals surface area contributed by atoms with Crippen molar-refractivity contribution in [3.8, 4) is 0 Å². The molecule has 0 unspecified atom stereocenters. The van der Waals surface area contributed by atoms with E-state index in [1.807, 2.05) is 0 Å². The monoisotopic (exact) mass is 141 g/mol. The Bertz CT molecular complexity index is 169. The van der Waals surface area contributed by atoms with Crippen molar-refractivity contribution < 1.29 is 9.53 Å². The first kappa shape index (κ1) is 6.16. The van der Waals surface area contributed by atoms with Crippen LogP contribution in [0.2, 0.25) is 0 Å². The van der Waals surface area contributed by atoms with Crippen LogP contribution < -0.4 is 5.32 Å². The molecule has 0 aromatic heterocycles. The zero-order chi connectivity index (χ0) is 7.14. The second-order valence-corrected chi connectivity index (χ2v) is 3.05. The van der Waals surface area contributed by atoms with E-state index in [0.717, 1.165) is 13.0 Å². The minimum atomic E-state index is -0.0602. The van der Waals surface area contributed by atoms with E-state index in [1.165, 1.54) is 0 Å². The van der Waals surface area contributed by atoms with Crippen LogP contribution >= 0.6 is 0 Å². The fourth-order valence-corrected chi connectivity index (χ4v) is 1.73. The Balaban J connectivity index is 2.22. The van der Waals surface area contributed by atoms with Crippen molar-refractivity contribution >= 4 is 5.97 Å². The largest absolute Gasteiger partial charge is 0.461 e. The van der Waals surface area contributed by atoms with E-state index >= 15 is 0 Å². The quantitative estimate of drug-likeness (QED) is 0.479. The Morgan fingerprint density at radius 3 is 3.10 bits per heavy atom. The molecule has 2 rings (SSSR count). The van der Waals surface area contributed by atoms with Crippen LogP contribution in [0, 0.1) is 5.92 Å². The van der Waals surface area contributed by atoms with E-state index in [2.05, 4.69) is 12.2 Å². The highest BCUT2D eigenvalue weighted by Gasteiger charge is 2.43. The van der Waals surface area contributed by atoms with Gasteiger partial charge in [-0.05, 0) is 13.0 Å². The van der Waals surface area contributed by atoms with Crippen LogP contribution in [0.4, 0.5) is 0 Å². The van der Waals surface area contributed by atoms with Gasteiger partial charge in [-0.2, -0.15) is 0 Å². The molecule has 3 atom stereocenters. The molecular formula is C7H11NO2. The molecule has 2 fully saturated rings. The van der Waals surface area contributed by atoms with Crippen molar-refractivity contribution in [2.24, 2.45) is 5.92 Å². The predicted octanol–water partition coefficient (Wildman–Crippen LogP) is -0.0902. The van der Waals surface area contributed by atoms with Gasteiger partial charge in [0.2, 0.25) is 0 Å². The molecule has 10 heavy (non-hydrogen) atoms. The van der Waals surface area contributed by atoms with Gasteiger partial charge in [-0.15, -0.1) is 0 Å². The highest BCUT2D eigenvalue weighted by atomic mass is 16.6. The van der Waals surface area contributed by atoms with Gasteiger partial charge in [0.05, 0.1) is 0 Å². The number of carbonyl (C=O) groups is 1. The summed E-state index contributed by atoms with van der Waals surface area (Å²) in [4.78, 5) is 11.0. The zero-order valence-electron chi connectivity index (χ0n) is 5.96. The molecule has 3 heteroatoms. The third-order valence-corrected chi connectivity index (χ3v) is 2.43. The first-order valence-electron chi connectivity index (χ1n) is 3.73. The van der Waals surface area contributed by atoms with Gasteiger partial charge >= 0.3 is 5.97 Å². The van der Waals surface area contributed by atoms with Crippen molar-refractivity contribution in [2.45, 2.75) is 25.5 Å². The number of piperidine rings is 1. The molecular weight excluding hydrogens is 130 g/mol. The average Bonchev–Trinajstić information content (AvgIpc) is 2.16. The molecule has 2 heterocycles. The SMILES string of the molecule is C[C@H]1[C@@H]2NCC[C@H]1OC2=O. The van der Waals surface area contributed by atoms with Gasteiger partial charge in [0, 0.05) is 5.92 Å². The number of hydrogen-bond donors (Lipinski definition) is 1. The third kappa shape index (κ3) is 0.669. The molecule has 0 aromatic carbocycles. The van der Waals surface area contributed by atoms with E-state index in [4.69, 9.17) is 4.74 Å². The lowest BCUT2D eigenvalue weighted by Crippen LogP contribution is -2.43. The van der Waals surface area contributed by atoms with E-state index in [9.17, 15) is 4.79 Å². The highest BCUT2D eigenvalue weighted by molar-refractivity contribution is 5.78. The Morgan fingerprint density at radius 1 is 1.70 bits per heavy atom. The van der Waals surface area contributed by atoms with Crippen molar-refractivity contribution in [2.75, 3.05) is 6.54 Å². The van der Waals surface area contributed by atoms with Crippen molar-refractivity contribution in [3.63, 3.8) is 0 Å². The minimum Gasteiger partial charge on any atom is -0.461 e. The van der Waals surface area contributed by atoms with Crippen molar-refractivity contribution in [1.29, 1.82) is 0 Å². The predicted molar refractivity (Wildman–Crippen MR) is 35.5 cm³/mol. The number of nitrogens with one attached hydrogen (secondary N) is 1. The van der Waals surface area contributed by atoms with Gasteiger partial charge in [-0.1, -0.05) is 6.92 Å². The summed E-state index contributed by atoms with van der Waals surface area (Å²) in [5.41, 5.74) is 0. The Hall–Kier alpha value is -0.570. The van der Waals surface area contributed by atoms with Gasteiger partial charge in [0.15, 0.2) is 0 Å². The van der Waals surface area contributed by atoms with Gasteiger partial charge in [0.1, 0.15) is 12.1 Å². The normalized spacial score (nSPS) is 45.3. The molecule has 0 aliphatic carbocycles. The maximum atomic E-state index is 11.0. The van der Waals surface area contributed by atoms with Crippen LogP contribution in [-0.4, -0.2) is 24.7 Å². The standard InChI is InChI=1S/C7H11NO2/c1-4-5-2-3-8-6(4)7(9)10-5/h4-6,8H,2-3H2,1H3/t4-,5-,6+/m1/s1. The summed E-state index contributed by atoms with van der Waals surface area (Å²) < 4.78 is 5.10. The van der Waals surface area contributed by atoms with Gasteiger partial charge in [-0.25, -0.2) is 0 Å². The molecule has 2 aliphatic heterocycles. The Morgan fingerprint density at radius 2 is 2.50 bits per heavy atom. The van der Waals surface area contributed by atoms with Crippen molar-refractivity contribution in [3.05, 3.63) is 0 Å².